The molecule has 138 valence electrons. The Morgan fingerprint density at radius 2 is 2.04 bits per heavy atom. The normalized spacial score (nSPS) is 18.4. The third kappa shape index (κ3) is 10.4. The predicted molar refractivity (Wildman–Crippen MR) is 108 cm³/mol. The number of ether oxygens (including phenoxy) is 2. The monoisotopic (exact) mass is 441 g/mol. The van der Waals surface area contributed by atoms with Crippen molar-refractivity contribution in [1.29, 1.82) is 0 Å². The van der Waals surface area contributed by atoms with Crippen LogP contribution in [0.15, 0.2) is 4.99 Å². The second-order valence-electron chi connectivity index (χ2n) is 6.52. The highest BCUT2D eigenvalue weighted by molar-refractivity contribution is 14.0. The average molecular weight is 441 g/mol. The van der Waals surface area contributed by atoms with Crippen molar-refractivity contribution < 1.29 is 9.47 Å². The number of unbranched alkanes of at least 4 members (excludes halogenated alkanes) is 1. The zero-order valence-corrected chi connectivity index (χ0v) is 17.7. The zero-order chi connectivity index (χ0) is 16.2. The van der Waals surface area contributed by atoms with Crippen LogP contribution in [0.2, 0.25) is 0 Å². The van der Waals surface area contributed by atoms with E-state index in [-0.39, 0.29) is 24.0 Å². The van der Waals surface area contributed by atoms with Gasteiger partial charge < -0.3 is 19.7 Å². The van der Waals surface area contributed by atoms with Gasteiger partial charge in [0.05, 0.1) is 13.2 Å². The van der Waals surface area contributed by atoms with Gasteiger partial charge in [0.1, 0.15) is 0 Å². The Kier molecular flexibility index (Phi) is 14.2. The van der Waals surface area contributed by atoms with E-state index in [1.165, 1.54) is 12.8 Å². The Labute approximate surface area is 159 Å². The molecule has 1 aliphatic heterocycles. The van der Waals surface area contributed by atoms with Crippen molar-refractivity contribution in [3.05, 3.63) is 0 Å². The molecule has 1 saturated heterocycles. The molecule has 1 rings (SSSR count). The van der Waals surface area contributed by atoms with Gasteiger partial charge in [-0.2, -0.15) is 0 Å². The first kappa shape index (κ1) is 22.9. The van der Waals surface area contributed by atoms with E-state index in [1.807, 2.05) is 7.05 Å². The molecular weight excluding hydrogens is 405 g/mol. The molecule has 5 nitrogen and oxygen atoms in total. The molecular formula is C17H36IN3O2. The fourth-order valence-corrected chi connectivity index (χ4v) is 2.99. The first-order valence-corrected chi connectivity index (χ1v) is 8.69. The van der Waals surface area contributed by atoms with Crippen LogP contribution < -0.4 is 5.32 Å². The summed E-state index contributed by atoms with van der Waals surface area (Å²) in [6.07, 6.45) is 4.80. The largest absolute Gasteiger partial charge is 0.382 e. The van der Waals surface area contributed by atoms with Gasteiger partial charge in [0.25, 0.3) is 0 Å². The van der Waals surface area contributed by atoms with Gasteiger partial charge in [-0.3, -0.25) is 4.99 Å². The van der Waals surface area contributed by atoms with E-state index < -0.39 is 0 Å². The molecule has 1 N–H and O–H groups in total. The summed E-state index contributed by atoms with van der Waals surface area (Å²) in [6, 6.07) is 0. The summed E-state index contributed by atoms with van der Waals surface area (Å²) in [7, 11) is 3.58. The molecule has 0 aliphatic carbocycles. The molecule has 0 spiro atoms. The summed E-state index contributed by atoms with van der Waals surface area (Å²) in [4.78, 5) is 6.83. The van der Waals surface area contributed by atoms with Crippen molar-refractivity contribution in [1.82, 2.24) is 10.2 Å². The van der Waals surface area contributed by atoms with Crippen molar-refractivity contribution in [3.63, 3.8) is 0 Å². The number of hydrogen-bond acceptors (Lipinski definition) is 3. The zero-order valence-electron chi connectivity index (χ0n) is 15.3. The molecule has 1 atom stereocenters. The lowest BCUT2D eigenvalue weighted by Gasteiger charge is -2.22. The van der Waals surface area contributed by atoms with Crippen LogP contribution in [0, 0.1) is 11.8 Å². The van der Waals surface area contributed by atoms with Gasteiger partial charge in [-0.1, -0.05) is 13.8 Å². The van der Waals surface area contributed by atoms with Crippen LogP contribution in [-0.2, 0) is 9.47 Å². The van der Waals surface area contributed by atoms with Crippen molar-refractivity contribution in [2.45, 2.75) is 39.5 Å². The van der Waals surface area contributed by atoms with Crippen molar-refractivity contribution in [2.24, 2.45) is 16.8 Å². The van der Waals surface area contributed by atoms with E-state index in [0.29, 0.717) is 13.2 Å². The summed E-state index contributed by atoms with van der Waals surface area (Å²) in [5.74, 6) is 2.68. The molecule has 1 heterocycles. The standard InChI is InChI=1S/C17H35N3O2.HI/c1-15(2)13-16-7-9-20(14-16)17(18-3)19-8-5-6-10-22-12-11-21-4;/h15-16H,5-14H2,1-4H3,(H,18,19);1H. The van der Waals surface area contributed by atoms with Crippen molar-refractivity contribution >= 4 is 29.9 Å². The first-order chi connectivity index (χ1) is 10.7. The summed E-state index contributed by atoms with van der Waals surface area (Å²) >= 11 is 0. The highest BCUT2D eigenvalue weighted by Crippen LogP contribution is 2.23. The van der Waals surface area contributed by atoms with Crippen LogP contribution >= 0.6 is 24.0 Å². The van der Waals surface area contributed by atoms with Crippen LogP contribution in [0.1, 0.15) is 39.5 Å². The van der Waals surface area contributed by atoms with Gasteiger partial charge in [-0.25, -0.2) is 0 Å². The Bertz CT molecular complexity index is 314. The molecule has 0 radical (unpaired) electrons. The van der Waals surface area contributed by atoms with Crippen LogP contribution in [0.4, 0.5) is 0 Å². The fraction of sp³-hybridized carbons (Fsp3) is 0.941. The topological polar surface area (TPSA) is 46.1 Å². The van der Waals surface area contributed by atoms with Gasteiger partial charge in [0, 0.05) is 40.4 Å². The lowest BCUT2D eigenvalue weighted by atomic mass is 9.97. The van der Waals surface area contributed by atoms with E-state index >= 15 is 0 Å². The average Bonchev–Trinajstić information content (AvgIpc) is 2.93. The van der Waals surface area contributed by atoms with E-state index in [2.05, 4.69) is 29.1 Å². The first-order valence-electron chi connectivity index (χ1n) is 8.69. The molecule has 0 amide bonds. The quantitative estimate of drug-likeness (QED) is 0.245. The number of guanidine groups is 1. The fourth-order valence-electron chi connectivity index (χ4n) is 2.99. The van der Waals surface area contributed by atoms with Crippen molar-refractivity contribution in [3.8, 4) is 0 Å². The number of likely N-dealkylation sites (tertiary alicyclic amines) is 1. The number of methoxy groups -OCH3 is 1. The molecule has 0 aromatic carbocycles. The van der Waals surface area contributed by atoms with Gasteiger partial charge in [0.15, 0.2) is 5.96 Å². The van der Waals surface area contributed by atoms with E-state index in [9.17, 15) is 0 Å². The molecule has 1 unspecified atom stereocenters. The number of aliphatic imine (C=N–C) groups is 1. The highest BCUT2D eigenvalue weighted by atomic mass is 127. The minimum Gasteiger partial charge on any atom is -0.382 e. The van der Waals surface area contributed by atoms with Crippen LogP contribution in [0.5, 0.6) is 0 Å². The number of nitrogens with one attached hydrogen (secondary N) is 1. The molecule has 1 aliphatic rings. The lowest BCUT2D eigenvalue weighted by Crippen LogP contribution is -2.40. The van der Waals surface area contributed by atoms with Crippen molar-refractivity contribution in [2.75, 3.05) is 53.6 Å². The Morgan fingerprint density at radius 3 is 2.70 bits per heavy atom. The number of hydrogen-bond donors (Lipinski definition) is 1. The summed E-state index contributed by atoms with van der Waals surface area (Å²) in [5, 5.41) is 3.48. The molecule has 1 fully saturated rings. The summed E-state index contributed by atoms with van der Waals surface area (Å²) < 4.78 is 10.4. The SMILES string of the molecule is CN=C(NCCCCOCCOC)N1CCC(CC(C)C)C1.I. The maximum absolute atomic E-state index is 5.46. The van der Waals surface area contributed by atoms with E-state index in [0.717, 1.165) is 56.9 Å². The summed E-state index contributed by atoms with van der Waals surface area (Å²) in [6.45, 7) is 10.0. The number of rotatable bonds is 10. The van der Waals surface area contributed by atoms with Gasteiger partial charge in [-0.05, 0) is 37.5 Å². The third-order valence-corrected chi connectivity index (χ3v) is 4.03. The Hall–Kier alpha value is -0.0800. The number of halogens is 1. The highest BCUT2D eigenvalue weighted by Gasteiger charge is 2.24. The molecule has 0 aromatic rings. The smallest absolute Gasteiger partial charge is 0.193 e. The third-order valence-electron chi connectivity index (χ3n) is 4.03. The Morgan fingerprint density at radius 1 is 1.26 bits per heavy atom. The van der Waals surface area contributed by atoms with E-state index in [1.54, 1.807) is 7.11 Å². The van der Waals surface area contributed by atoms with Gasteiger partial charge in [-0.15, -0.1) is 24.0 Å². The van der Waals surface area contributed by atoms with Crippen LogP contribution in [-0.4, -0.2) is 64.5 Å². The Balaban J connectivity index is 0.00000484. The predicted octanol–water partition coefficient (Wildman–Crippen LogP) is 2.99. The lowest BCUT2D eigenvalue weighted by molar-refractivity contribution is 0.0689. The second kappa shape index (κ2) is 14.3. The maximum Gasteiger partial charge on any atom is 0.193 e. The molecule has 6 heteroatoms. The minimum absolute atomic E-state index is 0. The second-order valence-corrected chi connectivity index (χ2v) is 6.52. The van der Waals surface area contributed by atoms with Crippen LogP contribution in [0.3, 0.4) is 0 Å². The molecule has 0 saturated carbocycles. The van der Waals surface area contributed by atoms with E-state index in [4.69, 9.17) is 9.47 Å². The van der Waals surface area contributed by atoms with Crippen LogP contribution in [0.25, 0.3) is 0 Å². The molecule has 23 heavy (non-hydrogen) atoms. The van der Waals surface area contributed by atoms with Gasteiger partial charge in [0.2, 0.25) is 0 Å². The maximum atomic E-state index is 5.46. The van der Waals surface area contributed by atoms with Gasteiger partial charge >= 0.3 is 0 Å². The molecule has 0 bridgehead atoms. The molecule has 0 aromatic heterocycles. The summed E-state index contributed by atoms with van der Waals surface area (Å²) in [5.41, 5.74) is 0. The minimum atomic E-state index is 0. The number of nitrogens with zero attached hydrogens (tertiary/aromatic N) is 2.